The predicted molar refractivity (Wildman–Crippen MR) is 99.1 cm³/mol. The van der Waals surface area contributed by atoms with Crippen LogP contribution in [0.4, 0.5) is 5.95 Å². The van der Waals surface area contributed by atoms with Crippen molar-refractivity contribution in [3.05, 3.63) is 16.7 Å². The van der Waals surface area contributed by atoms with Gasteiger partial charge in [0.15, 0.2) is 16.9 Å². The van der Waals surface area contributed by atoms with Crippen LogP contribution in [0.2, 0.25) is 0 Å². The minimum atomic E-state index is -1.18. The van der Waals surface area contributed by atoms with Crippen LogP contribution in [-0.4, -0.2) is 73.8 Å². The standard InChI is InChI=1S/C17H26N6O4/c1-22(2)5-3-4-11(25)14(26)12-9(7-24)6-10(12)23-8-19-13-15(23)20-17(18)21-16(13)27/h8-10,12,14,24,26H,3-7H2,1-2H3,(H3,18,20,21,27)/t9-,10-,12+,14?/m1/s1. The molecule has 1 unspecified atom stereocenters. The third-order valence-electron chi connectivity index (χ3n) is 5.30. The lowest BCUT2D eigenvalue weighted by Gasteiger charge is -2.46. The number of H-pyrrole nitrogens is 1. The van der Waals surface area contributed by atoms with Crippen molar-refractivity contribution in [2.24, 2.45) is 11.8 Å². The summed E-state index contributed by atoms with van der Waals surface area (Å²) < 4.78 is 1.67. The number of aromatic nitrogens is 4. The van der Waals surface area contributed by atoms with Crippen LogP contribution in [0.25, 0.3) is 11.2 Å². The number of hydrogen-bond acceptors (Lipinski definition) is 8. The van der Waals surface area contributed by atoms with Gasteiger partial charge in [-0.3, -0.25) is 14.6 Å². The van der Waals surface area contributed by atoms with Crippen molar-refractivity contribution in [3.8, 4) is 0 Å². The molecule has 1 aliphatic carbocycles. The maximum absolute atomic E-state index is 12.4. The SMILES string of the molecule is CN(C)CCCC(=O)C(O)[C@H]1[C@@H](CO)C[C@H]1n1cnc2c(=O)[nH]c(N)nc21. The van der Waals surface area contributed by atoms with Crippen molar-refractivity contribution in [1.82, 2.24) is 24.4 Å². The second kappa shape index (κ2) is 7.75. The van der Waals surface area contributed by atoms with Crippen molar-refractivity contribution in [2.45, 2.75) is 31.4 Å². The molecule has 2 heterocycles. The minimum absolute atomic E-state index is 0.0239. The van der Waals surface area contributed by atoms with Gasteiger partial charge in [-0.2, -0.15) is 4.98 Å². The van der Waals surface area contributed by atoms with Gasteiger partial charge >= 0.3 is 0 Å². The summed E-state index contributed by atoms with van der Waals surface area (Å²) in [4.78, 5) is 37.0. The number of carbonyl (C=O) groups excluding carboxylic acids is 1. The van der Waals surface area contributed by atoms with Gasteiger partial charge in [0.25, 0.3) is 5.56 Å². The predicted octanol–water partition coefficient (Wildman–Crippen LogP) is -0.857. The smallest absolute Gasteiger partial charge is 0.280 e. The summed E-state index contributed by atoms with van der Waals surface area (Å²) in [6, 6.07) is -0.284. The molecule has 1 saturated carbocycles. The van der Waals surface area contributed by atoms with Crippen molar-refractivity contribution < 1.29 is 15.0 Å². The lowest BCUT2D eigenvalue weighted by molar-refractivity contribution is -0.138. The van der Waals surface area contributed by atoms with Crippen LogP contribution in [0, 0.1) is 11.8 Å². The van der Waals surface area contributed by atoms with E-state index in [1.165, 1.54) is 6.33 Å². The van der Waals surface area contributed by atoms with Crippen LogP contribution in [0.15, 0.2) is 11.1 Å². The van der Waals surface area contributed by atoms with E-state index in [-0.39, 0.29) is 42.2 Å². The third-order valence-corrected chi connectivity index (χ3v) is 5.30. The fourth-order valence-corrected chi connectivity index (χ4v) is 3.82. The first-order chi connectivity index (χ1) is 12.8. The van der Waals surface area contributed by atoms with Gasteiger partial charge in [0, 0.05) is 25.0 Å². The molecular formula is C17H26N6O4. The summed E-state index contributed by atoms with van der Waals surface area (Å²) in [7, 11) is 3.85. The Kier molecular flexibility index (Phi) is 5.59. The van der Waals surface area contributed by atoms with E-state index < -0.39 is 17.6 Å². The number of rotatable bonds is 8. The number of hydrogen-bond donors (Lipinski definition) is 4. The Hall–Kier alpha value is -2.30. The zero-order valence-corrected chi connectivity index (χ0v) is 15.5. The van der Waals surface area contributed by atoms with Crippen LogP contribution in [0.5, 0.6) is 0 Å². The number of aliphatic hydroxyl groups is 2. The highest BCUT2D eigenvalue weighted by Gasteiger charge is 2.48. The molecular weight excluding hydrogens is 352 g/mol. The van der Waals surface area contributed by atoms with Crippen molar-refractivity contribution in [3.63, 3.8) is 0 Å². The number of nitrogens with two attached hydrogens (primary N) is 1. The van der Waals surface area contributed by atoms with Gasteiger partial charge in [-0.1, -0.05) is 0 Å². The van der Waals surface area contributed by atoms with Gasteiger partial charge in [-0.25, -0.2) is 4.98 Å². The Labute approximate surface area is 156 Å². The highest BCUT2D eigenvalue weighted by Crippen LogP contribution is 2.47. The van der Waals surface area contributed by atoms with E-state index >= 15 is 0 Å². The first-order valence-corrected chi connectivity index (χ1v) is 9.02. The molecule has 5 N–H and O–H groups in total. The monoisotopic (exact) mass is 378 g/mol. The minimum Gasteiger partial charge on any atom is -0.396 e. The summed E-state index contributed by atoms with van der Waals surface area (Å²) in [5, 5.41) is 20.2. The Balaban J connectivity index is 1.82. The molecule has 4 atom stereocenters. The molecule has 0 saturated heterocycles. The van der Waals surface area contributed by atoms with Crippen molar-refractivity contribution >= 4 is 22.9 Å². The number of ketones is 1. The van der Waals surface area contributed by atoms with Gasteiger partial charge in [0.05, 0.1) is 6.33 Å². The maximum atomic E-state index is 12.4. The van der Waals surface area contributed by atoms with Gasteiger partial charge in [-0.05, 0) is 39.4 Å². The van der Waals surface area contributed by atoms with Crippen molar-refractivity contribution in [1.29, 1.82) is 0 Å². The number of carbonyl (C=O) groups is 1. The molecule has 2 aromatic rings. The van der Waals surface area contributed by atoms with Crippen LogP contribution >= 0.6 is 0 Å². The van der Waals surface area contributed by atoms with E-state index in [0.29, 0.717) is 18.5 Å². The highest BCUT2D eigenvalue weighted by molar-refractivity contribution is 5.83. The topological polar surface area (TPSA) is 150 Å². The average Bonchev–Trinajstić information content (AvgIpc) is 2.97. The number of fused-ring (bicyclic) bond motifs is 1. The Morgan fingerprint density at radius 2 is 2.26 bits per heavy atom. The second-order valence-corrected chi connectivity index (χ2v) is 7.42. The quantitative estimate of drug-likeness (QED) is 0.463. The molecule has 1 aliphatic rings. The fourth-order valence-electron chi connectivity index (χ4n) is 3.82. The van der Waals surface area contributed by atoms with E-state index in [2.05, 4.69) is 15.0 Å². The fraction of sp³-hybridized carbons (Fsp3) is 0.647. The Morgan fingerprint density at radius 1 is 1.52 bits per heavy atom. The van der Waals surface area contributed by atoms with Crippen molar-refractivity contribution in [2.75, 3.05) is 33.0 Å². The van der Waals surface area contributed by atoms with E-state index in [0.717, 1.165) is 6.54 Å². The zero-order valence-electron chi connectivity index (χ0n) is 15.5. The Morgan fingerprint density at radius 3 is 2.93 bits per heavy atom. The molecule has 0 radical (unpaired) electrons. The van der Waals surface area contributed by atoms with E-state index in [9.17, 15) is 19.8 Å². The average molecular weight is 378 g/mol. The highest BCUT2D eigenvalue weighted by atomic mass is 16.3. The first kappa shape index (κ1) is 19.5. The largest absolute Gasteiger partial charge is 0.396 e. The second-order valence-electron chi connectivity index (χ2n) is 7.42. The molecule has 0 aromatic carbocycles. The zero-order chi connectivity index (χ0) is 19.7. The first-order valence-electron chi connectivity index (χ1n) is 9.02. The summed E-state index contributed by atoms with van der Waals surface area (Å²) in [6.45, 7) is 0.639. The molecule has 0 bridgehead atoms. The van der Waals surface area contributed by atoms with E-state index in [4.69, 9.17) is 5.73 Å². The molecule has 148 valence electrons. The summed E-state index contributed by atoms with van der Waals surface area (Å²) in [5.41, 5.74) is 5.66. The van der Waals surface area contributed by atoms with Gasteiger partial charge in [0.1, 0.15) is 6.10 Å². The number of aromatic amines is 1. The number of nitrogens with zero attached hydrogens (tertiary/aromatic N) is 4. The summed E-state index contributed by atoms with van der Waals surface area (Å²) >= 11 is 0. The lowest BCUT2D eigenvalue weighted by atomic mass is 9.65. The number of imidazole rings is 1. The lowest BCUT2D eigenvalue weighted by Crippen LogP contribution is -2.49. The van der Waals surface area contributed by atoms with Gasteiger partial charge in [0.2, 0.25) is 5.95 Å². The molecule has 0 spiro atoms. The van der Waals surface area contributed by atoms with Crippen LogP contribution in [-0.2, 0) is 4.79 Å². The Bertz CT molecular complexity index is 876. The van der Waals surface area contributed by atoms with Gasteiger partial charge < -0.3 is 25.4 Å². The number of anilines is 1. The molecule has 0 amide bonds. The third kappa shape index (κ3) is 3.73. The maximum Gasteiger partial charge on any atom is 0.280 e. The summed E-state index contributed by atoms with van der Waals surface area (Å²) in [6.07, 6.45) is 1.78. The number of aliphatic hydroxyl groups excluding tert-OH is 2. The number of Topliss-reactive ketones (excluding diaryl/α,β-unsaturated/α-hetero) is 1. The van der Waals surface area contributed by atoms with Crippen LogP contribution in [0.3, 0.4) is 0 Å². The number of nitrogens with one attached hydrogen (secondary N) is 1. The summed E-state index contributed by atoms with van der Waals surface area (Å²) in [5.74, 6) is -0.912. The van der Waals surface area contributed by atoms with Crippen LogP contribution in [0.1, 0.15) is 25.3 Å². The molecule has 2 aromatic heterocycles. The molecule has 1 fully saturated rings. The molecule has 3 rings (SSSR count). The molecule has 10 heteroatoms. The van der Waals surface area contributed by atoms with E-state index in [1.807, 2.05) is 19.0 Å². The molecule has 10 nitrogen and oxygen atoms in total. The van der Waals surface area contributed by atoms with Crippen LogP contribution < -0.4 is 11.3 Å². The normalized spacial score (nSPS) is 23.5. The number of nitrogen functional groups attached to an aromatic ring is 1. The molecule has 0 aliphatic heterocycles. The van der Waals surface area contributed by atoms with Gasteiger partial charge in [-0.15, -0.1) is 0 Å². The molecule has 27 heavy (non-hydrogen) atoms. The van der Waals surface area contributed by atoms with E-state index in [1.54, 1.807) is 4.57 Å².